The molecule has 1 saturated heterocycles. The summed E-state index contributed by atoms with van der Waals surface area (Å²) in [6, 6.07) is 12.1. The van der Waals surface area contributed by atoms with Crippen molar-refractivity contribution in [2.24, 2.45) is 11.8 Å². The van der Waals surface area contributed by atoms with Crippen LogP contribution in [0.2, 0.25) is 0 Å². The van der Waals surface area contributed by atoms with Crippen LogP contribution < -0.4 is 9.62 Å². The van der Waals surface area contributed by atoms with Crippen LogP contribution in [-0.2, 0) is 31.5 Å². The number of ether oxygens (including phenoxy) is 1. The Morgan fingerprint density at radius 1 is 1.05 bits per heavy atom. The molecule has 9 heteroatoms. The molecule has 3 aromatic rings. The highest BCUT2D eigenvalue weighted by molar-refractivity contribution is 7.92. The van der Waals surface area contributed by atoms with Gasteiger partial charge in [-0.2, -0.15) is 0 Å². The minimum absolute atomic E-state index is 0.0217. The van der Waals surface area contributed by atoms with Crippen LogP contribution in [0.25, 0.3) is 11.0 Å². The highest BCUT2D eigenvalue weighted by atomic mass is 32.2. The summed E-state index contributed by atoms with van der Waals surface area (Å²) in [5.41, 5.74) is 2.81. The third-order valence-corrected chi connectivity index (χ3v) is 9.84. The number of fused-ring (bicyclic) bond motifs is 1. The fourth-order valence-corrected chi connectivity index (χ4v) is 6.62. The molecule has 1 amide bonds. The van der Waals surface area contributed by atoms with E-state index in [0.29, 0.717) is 29.6 Å². The number of nitrogens with zero attached hydrogens (tertiary/aromatic N) is 3. The Morgan fingerprint density at radius 3 is 2.36 bits per heavy atom. The first-order valence-electron chi connectivity index (χ1n) is 14.0. The Morgan fingerprint density at radius 2 is 1.74 bits per heavy atom. The van der Waals surface area contributed by atoms with Gasteiger partial charge < -0.3 is 14.6 Å². The molecule has 2 fully saturated rings. The monoisotopic (exact) mass is 552 g/mol. The molecule has 2 heterocycles. The van der Waals surface area contributed by atoms with Gasteiger partial charge in [0.1, 0.15) is 5.82 Å². The highest BCUT2D eigenvalue weighted by Gasteiger charge is 2.27. The van der Waals surface area contributed by atoms with E-state index in [4.69, 9.17) is 9.72 Å². The van der Waals surface area contributed by atoms with Crippen LogP contribution in [0, 0.1) is 11.8 Å². The molecule has 0 radical (unpaired) electrons. The minimum Gasteiger partial charge on any atom is -0.381 e. The number of benzene rings is 2. The zero-order valence-electron chi connectivity index (χ0n) is 23.4. The van der Waals surface area contributed by atoms with Crippen molar-refractivity contribution in [1.82, 2.24) is 9.55 Å². The molecule has 0 unspecified atom stereocenters. The molecule has 39 heavy (non-hydrogen) atoms. The third kappa shape index (κ3) is 5.99. The van der Waals surface area contributed by atoms with Gasteiger partial charge in [0, 0.05) is 44.3 Å². The molecule has 0 atom stereocenters. The molecular formula is C30H40N4O4S. The molecule has 8 nitrogen and oxygen atoms in total. The average Bonchev–Trinajstić information content (AvgIpc) is 3.25. The maximum Gasteiger partial charge on any atom is 0.264 e. The molecule has 2 aliphatic rings. The van der Waals surface area contributed by atoms with Gasteiger partial charge in [-0.1, -0.05) is 27.2 Å². The first-order chi connectivity index (χ1) is 18.5. The highest BCUT2D eigenvalue weighted by Crippen LogP contribution is 2.33. The summed E-state index contributed by atoms with van der Waals surface area (Å²) in [5.74, 6) is 1.99. The number of hydrogen-bond acceptors (Lipinski definition) is 5. The Balaban J connectivity index is 1.36. The Labute approximate surface area is 231 Å². The first-order valence-corrected chi connectivity index (χ1v) is 15.4. The summed E-state index contributed by atoms with van der Waals surface area (Å²) in [6.07, 6.45) is 6.00. The molecule has 210 valence electrons. The van der Waals surface area contributed by atoms with Gasteiger partial charge in [0.05, 0.1) is 21.6 Å². The van der Waals surface area contributed by atoms with Gasteiger partial charge in [0.25, 0.3) is 10.0 Å². The van der Waals surface area contributed by atoms with Crippen molar-refractivity contribution in [3.05, 3.63) is 48.3 Å². The zero-order chi connectivity index (χ0) is 27.8. The lowest BCUT2D eigenvalue weighted by Gasteiger charge is -2.26. The molecule has 1 N–H and O–H groups in total. The van der Waals surface area contributed by atoms with Gasteiger partial charge in [0.2, 0.25) is 5.91 Å². The fourth-order valence-electron chi connectivity index (χ4n) is 5.44. The van der Waals surface area contributed by atoms with Crippen LogP contribution in [0.1, 0.15) is 65.1 Å². The van der Waals surface area contributed by atoms with Crippen molar-refractivity contribution in [3.63, 3.8) is 0 Å². The van der Waals surface area contributed by atoms with Crippen molar-refractivity contribution in [3.8, 4) is 0 Å². The van der Waals surface area contributed by atoms with E-state index in [1.807, 2.05) is 18.2 Å². The number of anilines is 2. The first kappa shape index (κ1) is 27.6. The number of amides is 1. The van der Waals surface area contributed by atoms with Crippen LogP contribution in [-0.4, -0.2) is 44.1 Å². The molecule has 1 saturated carbocycles. The standard InChI is InChI=1S/C30H40N4O4S/c1-30(2,3)29-32-26-19-24(10-13-27(26)34(29)20-22-14-16-38-17-15-22)33(4)39(36,37)25-11-8-23(9-12-25)31-28(35)18-21-6-5-7-21/h8-13,19,21-22H,5-7,14-18,20H2,1-4H3,(H,31,35). The molecule has 0 spiro atoms. The molecule has 1 aromatic heterocycles. The Bertz CT molecular complexity index is 1430. The van der Waals surface area contributed by atoms with E-state index in [0.717, 1.165) is 62.3 Å². The van der Waals surface area contributed by atoms with Crippen LogP contribution in [0.4, 0.5) is 11.4 Å². The van der Waals surface area contributed by atoms with E-state index in [1.165, 1.54) is 10.7 Å². The van der Waals surface area contributed by atoms with Crippen molar-refractivity contribution in [1.29, 1.82) is 0 Å². The van der Waals surface area contributed by atoms with E-state index in [2.05, 4.69) is 30.7 Å². The van der Waals surface area contributed by atoms with Gasteiger partial charge in [0.15, 0.2) is 0 Å². The smallest absolute Gasteiger partial charge is 0.264 e. The lowest BCUT2D eigenvalue weighted by atomic mass is 9.83. The second-order valence-electron chi connectivity index (χ2n) is 12.1. The van der Waals surface area contributed by atoms with E-state index in [1.54, 1.807) is 31.3 Å². The summed E-state index contributed by atoms with van der Waals surface area (Å²) in [5, 5.41) is 2.88. The van der Waals surface area contributed by atoms with Crippen molar-refractivity contribution < 1.29 is 17.9 Å². The predicted octanol–water partition coefficient (Wildman–Crippen LogP) is 5.71. The third-order valence-electron chi connectivity index (χ3n) is 8.04. The van der Waals surface area contributed by atoms with Crippen LogP contribution >= 0.6 is 0 Å². The van der Waals surface area contributed by atoms with Gasteiger partial charge >= 0.3 is 0 Å². The van der Waals surface area contributed by atoms with Crippen LogP contribution in [0.5, 0.6) is 0 Å². The number of imidazole rings is 1. The number of hydrogen-bond donors (Lipinski definition) is 1. The van der Waals surface area contributed by atoms with Crippen molar-refractivity contribution in [2.75, 3.05) is 29.9 Å². The number of sulfonamides is 1. The largest absolute Gasteiger partial charge is 0.381 e. The van der Waals surface area contributed by atoms with Gasteiger partial charge in [-0.05, 0) is 80.0 Å². The van der Waals surface area contributed by atoms with E-state index < -0.39 is 10.0 Å². The van der Waals surface area contributed by atoms with E-state index in [9.17, 15) is 13.2 Å². The Kier molecular flexibility index (Phi) is 7.75. The molecular weight excluding hydrogens is 512 g/mol. The number of aromatic nitrogens is 2. The Hall–Kier alpha value is -2.91. The molecule has 2 aromatic carbocycles. The number of carbonyl (C=O) groups excluding carboxylic acids is 1. The van der Waals surface area contributed by atoms with Gasteiger partial charge in [-0.15, -0.1) is 0 Å². The second-order valence-corrected chi connectivity index (χ2v) is 14.0. The van der Waals surface area contributed by atoms with E-state index >= 15 is 0 Å². The SMILES string of the molecule is CN(c1ccc2c(c1)nc(C(C)(C)C)n2CC1CCOCC1)S(=O)(=O)c1ccc(NC(=O)CC2CCC2)cc1. The quantitative estimate of drug-likeness (QED) is 0.386. The molecule has 5 rings (SSSR count). The molecule has 1 aliphatic carbocycles. The maximum absolute atomic E-state index is 13.5. The van der Waals surface area contributed by atoms with Crippen molar-refractivity contribution in [2.45, 2.75) is 76.2 Å². The normalized spacial score (nSPS) is 17.2. The summed E-state index contributed by atoms with van der Waals surface area (Å²) in [6.45, 7) is 8.94. The number of rotatable bonds is 8. The topological polar surface area (TPSA) is 93.5 Å². The maximum atomic E-state index is 13.5. The summed E-state index contributed by atoms with van der Waals surface area (Å²) >= 11 is 0. The summed E-state index contributed by atoms with van der Waals surface area (Å²) in [7, 11) is -2.24. The second kappa shape index (κ2) is 10.9. The van der Waals surface area contributed by atoms with Crippen LogP contribution in [0.15, 0.2) is 47.4 Å². The van der Waals surface area contributed by atoms with Crippen LogP contribution in [0.3, 0.4) is 0 Å². The average molecular weight is 553 g/mol. The molecule has 0 bridgehead atoms. The number of carbonyl (C=O) groups is 1. The minimum atomic E-state index is -3.80. The summed E-state index contributed by atoms with van der Waals surface area (Å²) in [4.78, 5) is 17.4. The van der Waals surface area contributed by atoms with Gasteiger partial charge in [-0.25, -0.2) is 13.4 Å². The number of nitrogens with one attached hydrogen (secondary N) is 1. The molecule has 1 aliphatic heterocycles. The van der Waals surface area contributed by atoms with E-state index in [-0.39, 0.29) is 16.2 Å². The van der Waals surface area contributed by atoms with Crippen molar-refractivity contribution >= 4 is 38.3 Å². The summed E-state index contributed by atoms with van der Waals surface area (Å²) < 4.78 is 36.1. The van der Waals surface area contributed by atoms with Gasteiger partial charge in [-0.3, -0.25) is 9.10 Å². The predicted molar refractivity (Wildman–Crippen MR) is 155 cm³/mol. The zero-order valence-corrected chi connectivity index (χ0v) is 24.3. The lowest BCUT2D eigenvalue weighted by molar-refractivity contribution is -0.117. The fraction of sp³-hybridized carbons (Fsp3) is 0.533. The lowest BCUT2D eigenvalue weighted by Crippen LogP contribution is -2.26.